The van der Waals surface area contributed by atoms with E-state index in [-0.39, 0.29) is 0 Å². The summed E-state index contributed by atoms with van der Waals surface area (Å²) in [5.74, 6) is 0.855. The van der Waals surface area contributed by atoms with Crippen molar-refractivity contribution >= 4 is 11.8 Å². The third kappa shape index (κ3) is 1.60. The molecule has 66 valence electrons. The molecule has 0 N–H and O–H groups in total. The minimum Gasteiger partial charge on any atom is -0.442 e. The van der Waals surface area contributed by atoms with E-state index in [1.54, 1.807) is 11.8 Å². The summed E-state index contributed by atoms with van der Waals surface area (Å²) in [4.78, 5) is 4.11. The second-order valence-electron chi connectivity index (χ2n) is 2.56. The Morgan fingerprint density at radius 2 is 2.00 bits per heavy atom. The Bertz CT molecular complexity index is 383. The molecule has 2 nitrogen and oxygen atoms in total. The Morgan fingerprint density at radius 1 is 1.23 bits per heavy atom. The van der Waals surface area contributed by atoms with E-state index in [0.717, 1.165) is 16.3 Å². The zero-order valence-corrected chi connectivity index (χ0v) is 8.04. The molecular weight excluding hydrogens is 182 g/mol. The fourth-order valence-electron chi connectivity index (χ4n) is 1.16. The summed E-state index contributed by atoms with van der Waals surface area (Å²) >= 11 is 1.59. The minimum atomic E-state index is 0.855. The van der Waals surface area contributed by atoms with Crippen LogP contribution in [0.5, 0.6) is 0 Å². The van der Waals surface area contributed by atoms with E-state index in [1.807, 2.05) is 36.6 Å². The van der Waals surface area contributed by atoms with Crippen LogP contribution in [-0.4, -0.2) is 11.2 Å². The molecule has 2 aromatic rings. The molecule has 3 heteroatoms. The molecule has 0 unspecified atom stereocenters. The molecule has 0 saturated carbocycles. The van der Waals surface area contributed by atoms with Crippen LogP contribution in [0.3, 0.4) is 0 Å². The molecule has 0 amide bonds. The van der Waals surface area contributed by atoms with Gasteiger partial charge in [0.05, 0.1) is 0 Å². The van der Waals surface area contributed by atoms with Crippen LogP contribution in [0, 0.1) is 0 Å². The van der Waals surface area contributed by atoms with Crippen LogP contribution in [-0.2, 0) is 0 Å². The molecule has 1 aromatic carbocycles. The minimum absolute atomic E-state index is 0.855. The normalized spacial score (nSPS) is 10.2. The number of hydrogen-bond donors (Lipinski definition) is 0. The first kappa shape index (κ1) is 8.38. The lowest BCUT2D eigenvalue weighted by atomic mass is 10.2. The van der Waals surface area contributed by atoms with Gasteiger partial charge in [-0.05, 0) is 6.26 Å². The SMILES string of the molecule is CSc1ncoc1-c1ccccc1. The lowest BCUT2D eigenvalue weighted by Crippen LogP contribution is -1.76. The zero-order valence-electron chi connectivity index (χ0n) is 7.23. The van der Waals surface area contributed by atoms with E-state index in [0.29, 0.717) is 0 Å². The lowest BCUT2D eigenvalue weighted by Gasteiger charge is -1.96. The van der Waals surface area contributed by atoms with Crippen molar-refractivity contribution in [2.24, 2.45) is 0 Å². The van der Waals surface area contributed by atoms with Crippen molar-refractivity contribution in [2.45, 2.75) is 5.03 Å². The van der Waals surface area contributed by atoms with Gasteiger partial charge in [0.25, 0.3) is 0 Å². The highest BCUT2D eigenvalue weighted by Crippen LogP contribution is 2.28. The Morgan fingerprint density at radius 3 is 2.69 bits per heavy atom. The summed E-state index contributed by atoms with van der Waals surface area (Å²) in [6, 6.07) is 9.99. The summed E-state index contributed by atoms with van der Waals surface area (Å²) in [6.45, 7) is 0. The van der Waals surface area contributed by atoms with E-state index in [4.69, 9.17) is 4.42 Å². The van der Waals surface area contributed by atoms with Crippen molar-refractivity contribution in [1.82, 2.24) is 4.98 Å². The van der Waals surface area contributed by atoms with E-state index in [1.165, 1.54) is 6.39 Å². The predicted molar refractivity (Wildman–Crippen MR) is 53.7 cm³/mol. The van der Waals surface area contributed by atoms with Gasteiger partial charge < -0.3 is 4.42 Å². The number of thioether (sulfide) groups is 1. The monoisotopic (exact) mass is 191 g/mol. The molecule has 13 heavy (non-hydrogen) atoms. The summed E-state index contributed by atoms with van der Waals surface area (Å²) in [6.07, 6.45) is 3.47. The number of benzene rings is 1. The van der Waals surface area contributed by atoms with E-state index in [2.05, 4.69) is 4.98 Å². The molecule has 0 bridgehead atoms. The van der Waals surface area contributed by atoms with Gasteiger partial charge in [-0.1, -0.05) is 30.3 Å². The summed E-state index contributed by atoms with van der Waals surface area (Å²) in [5.41, 5.74) is 1.07. The molecule has 0 fully saturated rings. The Hall–Kier alpha value is -1.22. The van der Waals surface area contributed by atoms with Crippen LogP contribution in [0.1, 0.15) is 0 Å². The summed E-state index contributed by atoms with van der Waals surface area (Å²) < 4.78 is 5.31. The van der Waals surface area contributed by atoms with Crippen molar-refractivity contribution in [1.29, 1.82) is 0 Å². The van der Waals surface area contributed by atoms with E-state index < -0.39 is 0 Å². The fourth-order valence-corrected chi connectivity index (χ4v) is 1.66. The molecule has 0 atom stereocenters. The molecule has 0 saturated heterocycles. The fraction of sp³-hybridized carbons (Fsp3) is 0.100. The van der Waals surface area contributed by atoms with E-state index in [9.17, 15) is 0 Å². The highest BCUT2D eigenvalue weighted by molar-refractivity contribution is 7.98. The standard InChI is InChI=1S/C10H9NOS/c1-13-10-9(12-7-11-10)8-5-3-2-4-6-8/h2-7H,1H3. The van der Waals surface area contributed by atoms with Gasteiger partial charge >= 0.3 is 0 Å². The Balaban J connectivity index is 2.47. The molecular formula is C10H9NOS. The molecule has 0 aliphatic carbocycles. The van der Waals surface area contributed by atoms with Crippen molar-refractivity contribution in [2.75, 3.05) is 6.26 Å². The van der Waals surface area contributed by atoms with Crippen molar-refractivity contribution in [3.63, 3.8) is 0 Å². The average molecular weight is 191 g/mol. The summed E-state index contributed by atoms with van der Waals surface area (Å²) in [7, 11) is 0. The largest absolute Gasteiger partial charge is 0.442 e. The first-order chi connectivity index (χ1) is 6.42. The van der Waals surface area contributed by atoms with Gasteiger partial charge in [0, 0.05) is 5.56 Å². The number of aromatic nitrogens is 1. The van der Waals surface area contributed by atoms with Crippen LogP contribution < -0.4 is 0 Å². The first-order valence-electron chi connectivity index (χ1n) is 3.94. The zero-order chi connectivity index (χ0) is 9.10. The molecule has 2 rings (SSSR count). The van der Waals surface area contributed by atoms with Crippen LogP contribution in [0.4, 0.5) is 0 Å². The van der Waals surface area contributed by atoms with Crippen molar-refractivity contribution < 1.29 is 4.42 Å². The number of hydrogen-bond acceptors (Lipinski definition) is 3. The highest BCUT2D eigenvalue weighted by Gasteiger charge is 2.07. The second-order valence-corrected chi connectivity index (χ2v) is 3.35. The number of nitrogens with zero attached hydrogens (tertiary/aromatic N) is 1. The smallest absolute Gasteiger partial charge is 0.182 e. The predicted octanol–water partition coefficient (Wildman–Crippen LogP) is 3.06. The maximum Gasteiger partial charge on any atom is 0.182 e. The molecule has 1 heterocycles. The van der Waals surface area contributed by atoms with Gasteiger partial charge in [0.15, 0.2) is 12.2 Å². The van der Waals surface area contributed by atoms with Gasteiger partial charge in [-0.3, -0.25) is 0 Å². The maximum atomic E-state index is 5.31. The van der Waals surface area contributed by atoms with Crippen LogP contribution in [0.15, 0.2) is 46.2 Å². The quantitative estimate of drug-likeness (QED) is 0.682. The van der Waals surface area contributed by atoms with Crippen LogP contribution >= 0.6 is 11.8 Å². The third-order valence-corrected chi connectivity index (χ3v) is 2.44. The topological polar surface area (TPSA) is 26.0 Å². The summed E-state index contributed by atoms with van der Waals surface area (Å²) in [5, 5.41) is 0.936. The Kier molecular flexibility index (Phi) is 2.36. The van der Waals surface area contributed by atoms with Crippen molar-refractivity contribution in [3.05, 3.63) is 36.7 Å². The van der Waals surface area contributed by atoms with Gasteiger partial charge in [-0.2, -0.15) is 0 Å². The van der Waals surface area contributed by atoms with Crippen LogP contribution in [0.25, 0.3) is 11.3 Å². The van der Waals surface area contributed by atoms with Crippen LogP contribution in [0.2, 0.25) is 0 Å². The third-order valence-electron chi connectivity index (χ3n) is 1.76. The molecule has 0 spiro atoms. The number of oxazole rings is 1. The lowest BCUT2D eigenvalue weighted by molar-refractivity contribution is 0.570. The highest BCUT2D eigenvalue weighted by atomic mass is 32.2. The maximum absolute atomic E-state index is 5.31. The molecule has 0 radical (unpaired) electrons. The molecule has 0 aliphatic rings. The molecule has 1 aromatic heterocycles. The van der Waals surface area contributed by atoms with E-state index >= 15 is 0 Å². The first-order valence-corrected chi connectivity index (χ1v) is 5.17. The van der Waals surface area contributed by atoms with Crippen molar-refractivity contribution in [3.8, 4) is 11.3 Å². The Labute approximate surface area is 81.0 Å². The van der Waals surface area contributed by atoms with Gasteiger partial charge in [-0.15, -0.1) is 11.8 Å². The molecule has 0 aliphatic heterocycles. The van der Waals surface area contributed by atoms with Gasteiger partial charge in [-0.25, -0.2) is 4.98 Å². The van der Waals surface area contributed by atoms with Gasteiger partial charge in [0.2, 0.25) is 0 Å². The average Bonchev–Trinajstić information content (AvgIpc) is 2.67. The number of rotatable bonds is 2. The van der Waals surface area contributed by atoms with Gasteiger partial charge in [0.1, 0.15) is 5.03 Å². The second kappa shape index (κ2) is 3.66.